The molecule has 1 amide bonds. The van der Waals surface area contributed by atoms with Gasteiger partial charge in [0.1, 0.15) is 5.58 Å². The molecule has 3 rings (SSSR count). The normalized spacial score (nSPS) is 14.7. The van der Waals surface area contributed by atoms with Crippen molar-refractivity contribution in [1.82, 2.24) is 10.6 Å². The van der Waals surface area contributed by atoms with Gasteiger partial charge >= 0.3 is 0 Å². The van der Waals surface area contributed by atoms with Crippen molar-refractivity contribution in [3.05, 3.63) is 32.9 Å². The lowest BCUT2D eigenvalue weighted by molar-refractivity contribution is 0.0916. The summed E-state index contributed by atoms with van der Waals surface area (Å²) >= 11 is 6.85. The van der Waals surface area contributed by atoms with Crippen LogP contribution in [0.25, 0.3) is 11.0 Å². The predicted octanol–water partition coefficient (Wildman–Crippen LogP) is 3.33. The number of benzene rings is 1. The van der Waals surface area contributed by atoms with Crippen LogP contribution in [0.5, 0.6) is 0 Å². The average molecular weight is 425 g/mol. The quantitative estimate of drug-likeness (QED) is 0.795. The minimum absolute atomic E-state index is 0. The summed E-state index contributed by atoms with van der Waals surface area (Å²) in [5.41, 5.74) is 0.693. The number of hydrogen-bond donors (Lipinski definition) is 2. The maximum atomic E-state index is 12.0. The first-order chi connectivity index (χ1) is 9.13. The average Bonchev–Trinajstić information content (AvgIpc) is 2.70. The van der Waals surface area contributed by atoms with Gasteiger partial charge in [-0.25, -0.2) is 0 Å². The Morgan fingerprint density at radius 3 is 2.75 bits per heavy atom. The van der Waals surface area contributed by atoms with Crippen LogP contribution in [0.2, 0.25) is 0 Å². The van der Waals surface area contributed by atoms with Gasteiger partial charge in [-0.3, -0.25) is 4.79 Å². The van der Waals surface area contributed by atoms with Crippen LogP contribution in [0.3, 0.4) is 0 Å². The molecule has 0 aliphatic carbocycles. The minimum atomic E-state index is -0.161. The van der Waals surface area contributed by atoms with Crippen LogP contribution in [-0.4, -0.2) is 25.5 Å². The molecule has 1 aromatic carbocycles. The number of carbonyl (C=O) groups excluding carboxylic acids is 1. The molecule has 0 spiro atoms. The zero-order chi connectivity index (χ0) is 13.4. The lowest BCUT2D eigenvalue weighted by Crippen LogP contribution is -2.48. The second-order valence-electron chi connectivity index (χ2n) is 4.65. The summed E-state index contributed by atoms with van der Waals surface area (Å²) in [6.07, 6.45) is 0. The minimum Gasteiger partial charge on any atom is -0.450 e. The summed E-state index contributed by atoms with van der Waals surface area (Å²) in [6, 6.07) is 5.59. The highest BCUT2D eigenvalue weighted by Gasteiger charge is 2.19. The van der Waals surface area contributed by atoms with E-state index >= 15 is 0 Å². The van der Waals surface area contributed by atoms with Crippen molar-refractivity contribution < 1.29 is 9.21 Å². The van der Waals surface area contributed by atoms with Crippen LogP contribution < -0.4 is 10.6 Å². The van der Waals surface area contributed by atoms with Gasteiger partial charge in [-0.2, -0.15) is 0 Å². The zero-order valence-electron chi connectivity index (χ0n) is 10.4. The molecule has 2 heterocycles. The monoisotopic (exact) mass is 422 g/mol. The Morgan fingerprint density at radius 1 is 1.35 bits per heavy atom. The summed E-state index contributed by atoms with van der Waals surface area (Å²) in [5, 5.41) is 6.97. The molecule has 1 fully saturated rings. The number of furan rings is 1. The van der Waals surface area contributed by atoms with E-state index in [0.717, 1.165) is 27.4 Å². The molecule has 1 aromatic heterocycles. The molecule has 0 atom stereocenters. The molecule has 20 heavy (non-hydrogen) atoms. The van der Waals surface area contributed by atoms with Crippen molar-refractivity contribution in [3.8, 4) is 0 Å². The van der Waals surface area contributed by atoms with Gasteiger partial charge in [0, 0.05) is 35.4 Å². The number of carbonyl (C=O) groups is 1. The van der Waals surface area contributed by atoms with Crippen molar-refractivity contribution >= 4 is 61.1 Å². The zero-order valence-corrected chi connectivity index (χ0v) is 14.4. The number of amides is 1. The number of halogens is 3. The Morgan fingerprint density at radius 2 is 2.10 bits per heavy atom. The predicted molar refractivity (Wildman–Crippen MR) is 87.6 cm³/mol. The van der Waals surface area contributed by atoms with Gasteiger partial charge in [0.05, 0.1) is 4.47 Å². The Kier molecular flexibility index (Phi) is 5.12. The van der Waals surface area contributed by atoms with E-state index in [1.165, 1.54) is 0 Å². The maximum Gasteiger partial charge on any atom is 0.287 e. The van der Waals surface area contributed by atoms with Gasteiger partial charge in [-0.05, 0) is 34.1 Å². The Labute approximate surface area is 139 Å². The van der Waals surface area contributed by atoms with Gasteiger partial charge in [0.2, 0.25) is 0 Å². The van der Waals surface area contributed by atoms with Gasteiger partial charge < -0.3 is 15.1 Å². The van der Waals surface area contributed by atoms with E-state index in [0.29, 0.717) is 23.8 Å². The third kappa shape index (κ3) is 3.19. The molecule has 4 nitrogen and oxygen atoms in total. The molecule has 1 aliphatic heterocycles. The molecule has 0 radical (unpaired) electrons. The second kappa shape index (κ2) is 6.47. The van der Waals surface area contributed by atoms with Crippen molar-refractivity contribution in [1.29, 1.82) is 0 Å². The standard InChI is InChI=1S/C13H12Br2N2O2.ClH/c14-9-1-8-2-11(19-12(8)10(15)3-9)13(18)17-6-7-4-16-5-7;/h1-3,7,16H,4-6H2,(H,17,18);1H. The summed E-state index contributed by atoms with van der Waals surface area (Å²) in [4.78, 5) is 12.0. The molecule has 108 valence electrons. The molecule has 0 unspecified atom stereocenters. The lowest BCUT2D eigenvalue weighted by Gasteiger charge is -2.26. The molecule has 7 heteroatoms. The third-order valence-corrected chi connectivity index (χ3v) is 4.22. The molecular weight excluding hydrogens is 411 g/mol. The highest BCUT2D eigenvalue weighted by Crippen LogP contribution is 2.30. The van der Waals surface area contributed by atoms with Crippen molar-refractivity contribution in [2.45, 2.75) is 0 Å². The first-order valence-electron chi connectivity index (χ1n) is 6.01. The largest absolute Gasteiger partial charge is 0.450 e. The third-order valence-electron chi connectivity index (χ3n) is 3.18. The molecule has 1 saturated heterocycles. The number of rotatable bonds is 3. The van der Waals surface area contributed by atoms with Crippen LogP contribution in [0, 0.1) is 5.92 Å². The number of nitrogens with one attached hydrogen (secondary N) is 2. The van der Waals surface area contributed by atoms with E-state index in [4.69, 9.17) is 4.42 Å². The Balaban J connectivity index is 0.00000147. The van der Waals surface area contributed by atoms with Gasteiger partial charge in [0.15, 0.2) is 5.76 Å². The molecule has 0 saturated carbocycles. The van der Waals surface area contributed by atoms with Crippen LogP contribution in [0.4, 0.5) is 0 Å². The molecule has 2 N–H and O–H groups in total. The summed E-state index contributed by atoms with van der Waals surface area (Å²) < 4.78 is 7.38. The van der Waals surface area contributed by atoms with E-state index in [9.17, 15) is 4.79 Å². The van der Waals surface area contributed by atoms with E-state index in [-0.39, 0.29) is 18.3 Å². The van der Waals surface area contributed by atoms with E-state index in [2.05, 4.69) is 42.5 Å². The van der Waals surface area contributed by atoms with E-state index in [1.807, 2.05) is 12.1 Å². The van der Waals surface area contributed by atoms with Crippen molar-refractivity contribution in [3.63, 3.8) is 0 Å². The molecule has 2 aromatic rings. The number of fused-ring (bicyclic) bond motifs is 1. The van der Waals surface area contributed by atoms with E-state index < -0.39 is 0 Å². The Bertz CT molecular complexity index is 641. The lowest BCUT2D eigenvalue weighted by atomic mass is 10.0. The molecular formula is C13H13Br2ClN2O2. The van der Waals surface area contributed by atoms with Crippen molar-refractivity contribution in [2.24, 2.45) is 5.92 Å². The van der Waals surface area contributed by atoms with Crippen LogP contribution in [-0.2, 0) is 0 Å². The van der Waals surface area contributed by atoms with Crippen LogP contribution in [0.15, 0.2) is 31.6 Å². The molecule has 1 aliphatic rings. The van der Waals surface area contributed by atoms with Crippen LogP contribution >= 0.6 is 44.3 Å². The second-order valence-corrected chi connectivity index (χ2v) is 6.42. The first kappa shape index (κ1) is 15.8. The smallest absolute Gasteiger partial charge is 0.287 e. The number of hydrogen-bond acceptors (Lipinski definition) is 3. The maximum absolute atomic E-state index is 12.0. The van der Waals surface area contributed by atoms with Crippen LogP contribution in [0.1, 0.15) is 10.6 Å². The van der Waals surface area contributed by atoms with E-state index in [1.54, 1.807) is 6.07 Å². The van der Waals surface area contributed by atoms with Gasteiger partial charge in [-0.1, -0.05) is 15.9 Å². The summed E-state index contributed by atoms with van der Waals surface area (Å²) in [7, 11) is 0. The van der Waals surface area contributed by atoms with Gasteiger partial charge in [-0.15, -0.1) is 12.4 Å². The first-order valence-corrected chi connectivity index (χ1v) is 7.59. The summed E-state index contributed by atoms with van der Waals surface area (Å²) in [6.45, 7) is 2.63. The fourth-order valence-corrected chi connectivity index (χ4v) is 3.34. The Hall–Kier alpha value is -0.560. The highest BCUT2D eigenvalue weighted by atomic mass is 79.9. The fraction of sp³-hybridized carbons (Fsp3) is 0.308. The fourth-order valence-electron chi connectivity index (χ4n) is 2.00. The van der Waals surface area contributed by atoms with Gasteiger partial charge in [0.25, 0.3) is 5.91 Å². The highest BCUT2D eigenvalue weighted by molar-refractivity contribution is 9.11. The van der Waals surface area contributed by atoms with Crippen molar-refractivity contribution in [2.75, 3.05) is 19.6 Å². The topological polar surface area (TPSA) is 54.3 Å². The molecule has 0 bridgehead atoms. The SMILES string of the molecule is Cl.O=C(NCC1CNC1)c1cc2cc(Br)cc(Br)c2o1. The summed E-state index contributed by atoms with van der Waals surface area (Å²) in [5.74, 6) is 0.724.